The van der Waals surface area contributed by atoms with E-state index in [0.717, 1.165) is 16.3 Å². The van der Waals surface area contributed by atoms with Gasteiger partial charge in [-0.1, -0.05) is 30.7 Å². The smallest absolute Gasteiger partial charge is 0.308 e. The van der Waals surface area contributed by atoms with Crippen molar-refractivity contribution < 1.29 is 4.79 Å². The first-order chi connectivity index (χ1) is 9.69. The average Bonchev–Trinajstić information content (AvgIpc) is 2.44. The third-order valence-electron chi connectivity index (χ3n) is 2.54. The van der Waals surface area contributed by atoms with Crippen LogP contribution in [-0.4, -0.2) is 11.8 Å². The number of rotatable bonds is 4. The van der Waals surface area contributed by atoms with Crippen molar-refractivity contribution in [1.82, 2.24) is 0 Å². The highest BCUT2D eigenvalue weighted by molar-refractivity contribution is 7.99. The summed E-state index contributed by atoms with van der Waals surface area (Å²) < 4.78 is 0. The number of benzene rings is 2. The number of urea groups is 1. The van der Waals surface area contributed by atoms with E-state index < -0.39 is 0 Å². The van der Waals surface area contributed by atoms with Gasteiger partial charge in [0.2, 0.25) is 0 Å². The molecule has 2 aromatic rings. The maximum atomic E-state index is 12.0. The summed E-state index contributed by atoms with van der Waals surface area (Å²) in [6.45, 7) is 2.08. The Hall–Kier alpha value is -1.65. The van der Waals surface area contributed by atoms with E-state index in [0.29, 0.717) is 10.7 Å². The normalized spacial score (nSPS) is 10.1. The zero-order chi connectivity index (χ0) is 14.4. The van der Waals surface area contributed by atoms with E-state index in [-0.39, 0.29) is 6.03 Å². The molecule has 0 saturated heterocycles. The van der Waals surface area contributed by atoms with Gasteiger partial charge in [0.05, 0.1) is 5.69 Å². The Bertz CT molecular complexity index is 587. The van der Waals surface area contributed by atoms with Crippen LogP contribution in [0.15, 0.2) is 53.4 Å². The van der Waals surface area contributed by atoms with E-state index in [1.807, 2.05) is 24.3 Å². The summed E-state index contributed by atoms with van der Waals surface area (Å²) in [5, 5.41) is 6.26. The minimum Gasteiger partial charge on any atom is -0.308 e. The van der Waals surface area contributed by atoms with Gasteiger partial charge in [-0.25, -0.2) is 4.79 Å². The Morgan fingerprint density at radius 2 is 1.80 bits per heavy atom. The maximum Gasteiger partial charge on any atom is 0.323 e. The third kappa shape index (κ3) is 4.18. The van der Waals surface area contributed by atoms with Gasteiger partial charge in [-0.15, -0.1) is 11.8 Å². The molecule has 0 aliphatic heterocycles. The van der Waals surface area contributed by atoms with Crippen LogP contribution >= 0.6 is 23.4 Å². The molecule has 3 nitrogen and oxygen atoms in total. The Morgan fingerprint density at radius 3 is 2.50 bits per heavy atom. The van der Waals surface area contributed by atoms with Crippen molar-refractivity contribution in [3.05, 3.63) is 53.6 Å². The molecular weight excluding hydrogens is 292 g/mol. The largest absolute Gasteiger partial charge is 0.323 e. The number of hydrogen-bond acceptors (Lipinski definition) is 2. The molecule has 5 heteroatoms. The van der Waals surface area contributed by atoms with Crippen LogP contribution in [0.25, 0.3) is 0 Å². The van der Waals surface area contributed by atoms with Crippen molar-refractivity contribution in [2.45, 2.75) is 11.8 Å². The molecular formula is C15H15ClN2OS. The second-order valence-electron chi connectivity index (χ2n) is 4.02. The summed E-state index contributed by atoms with van der Waals surface area (Å²) in [6, 6.07) is 14.5. The van der Waals surface area contributed by atoms with Crippen LogP contribution in [0.5, 0.6) is 0 Å². The highest BCUT2D eigenvalue weighted by Crippen LogP contribution is 2.26. The second-order valence-corrected chi connectivity index (χ2v) is 5.76. The fourth-order valence-electron chi connectivity index (χ4n) is 1.67. The molecule has 2 amide bonds. The number of halogens is 1. The predicted molar refractivity (Wildman–Crippen MR) is 86.9 cm³/mol. The van der Waals surface area contributed by atoms with Crippen LogP contribution in [0.3, 0.4) is 0 Å². The number of anilines is 2. The van der Waals surface area contributed by atoms with Crippen molar-refractivity contribution >= 4 is 40.8 Å². The Balaban J connectivity index is 2.02. The Kier molecular flexibility index (Phi) is 5.32. The average molecular weight is 307 g/mol. The number of amides is 2. The molecule has 0 fully saturated rings. The summed E-state index contributed by atoms with van der Waals surface area (Å²) in [5.41, 5.74) is 1.51. The standard InChI is InChI=1S/C15H15ClN2OS/c1-2-20-14-6-4-3-5-13(14)18-15(19)17-12-9-7-11(16)8-10-12/h3-10H,2H2,1H3,(H2,17,18,19). The maximum absolute atomic E-state index is 12.0. The van der Waals surface area contributed by atoms with E-state index in [4.69, 9.17) is 11.6 Å². The van der Waals surface area contributed by atoms with Crippen molar-refractivity contribution in [1.29, 1.82) is 0 Å². The first-order valence-corrected chi connectivity index (χ1v) is 7.61. The number of para-hydroxylation sites is 1. The van der Waals surface area contributed by atoms with Crippen LogP contribution in [0, 0.1) is 0 Å². The Labute approximate surface area is 127 Å². The van der Waals surface area contributed by atoms with Gasteiger partial charge in [-0.05, 0) is 42.2 Å². The molecule has 0 heterocycles. The summed E-state index contributed by atoms with van der Waals surface area (Å²) in [4.78, 5) is 13.0. The number of carbonyl (C=O) groups is 1. The van der Waals surface area contributed by atoms with Gasteiger partial charge in [0.25, 0.3) is 0 Å². The molecule has 0 radical (unpaired) electrons. The van der Waals surface area contributed by atoms with E-state index >= 15 is 0 Å². The molecule has 0 saturated carbocycles. The molecule has 2 rings (SSSR count). The van der Waals surface area contributed by atoms with Gasteiger partial charge < -0.3 is 10.6 Å². The molecule has 0 unspecified atom stereocenters. The lowest BCUT2D eigenvalue weighted by molar-refractivity contribution is 0.262. The third-order valence-corrected chi connectivity index (χ3v) is 3.74. The van der Waals surface area contributed by atoms with Gasteiger partial charge >= 0.3 is 6.03 Å². The van der Waals surface area contributed by atoms with Crippen LogP contribution in [0.2, 0.25) is 5.02 Å². The zero-order valence-corrected chi connectivity index (χ0v) is 12.6. The van der Waals surface area contributed by atoms with Gasteiger partial charge in [0, 0.05) is 15.6 Å². The van der Waals surface area contributed by atoms with Gasteiger partial charge in [-0.3, -0.25) is 0 Å². The SMILES string of the molecule is CCSc1ccccc1NC(=O)Nc1ccc(Cl)cc1. The van der Waals surface area contributed by atoms with E-state index in [1.54, 1.807) is 36.0 Å². The summed E-state index contributed by atoms with van der Waals surface area (Å²) in [7, 11) is 0. The van der Waals surface area contributed by atoms with Crippen LogP contribution in [0.4, 0.5) is 16.2 Å². The molecule has 0 aromatic heterocycles. The molecule has 0 atom stereocenters. The Morgan fingerprint density at radius 1 is 1.10 bits per heavy atom. The number of nitrogens with one attached hydrogen (secondary N) is 2. The van der Waals surface area contributed by atoms with Crippen molar-refractivity contribution in [3.63, 3.8) is 0 Å². The molecule has 0 aliphatic carbocycles. The summed E-state index contributed by atoms with van der Waals surface area (Å²) >= 11 is 7.49. The fraction of sp³-hybridized carbons (Fsp3) is 0.133. The fourth-order valence-corrected chi connectivity index (χ4v) is 2.56. The minimum atomic E-state index is -0.267. The molecule has 0 spiro atoms. The first kappa shape index (κ1) is 14.8. The quantitative estimate of drug-likeness (QED) is 0.772. The van der Waals surface area contributed by atoms with Crippen LogP contribution in [0.1, 0.15) is 6.92 Å². The number of carbonyl (C=O) groups excluding carboxylic acids is 1. The monoisotopic (exact) mass is 306 g/mol. The topological polar surface area (TPSA) is 41.1 Å². The lowest BCUT2D eigenvalue weighted by Gasteiger charge is -2.11. The van der Waals surface area contributed by atoms with E-state index in [2.05, 4.69) is 17.6 Å². The highest BCUT2D eigenvalue weighted by Gasteiger charge is 2.06. The molecule has 0 aliphatic rings. The molecule has 2 N–H and O–H groups in total. The molecule has 104 valence electrons. The van der Waals surface area contributed by atoms with Gasteiger partial charge in [-0.2, -0.15) is 0 Å². The number of hydrogen-bond donors (Lipinski definition) is 2. The summed E-state index contributed by atoms with van der Waals surface area (Å²) in [6.07, 6.45) is 0. The molecule has 0 bridgehead atoms. The van der Waals surface area contributed by atoms with Crippen molar-refractivity contribution in [2.24, 2.45) is 0 Å². The molecule has 2 aromatic carbocycles. The van der Waals surface area contributed by atoms with Crippen LogP contribution < -0.4 is 10.6 Å². The van der Waals surface area contributed by atoms with E-state index in [9.17, 15) is 4.79 Å². The molecule has 20 heavy (non-hydrogen) atoms. The second kappa shape index (κ2) is 7.22. The van der Waals surface area contributed by atoms with Gasteiger partial charge in [0.1, 0.15) is 0 Å². The van der Waals surface area contributed by atoms with Crippen LogP contribution in [-0.2, 0) is 0 Å². The van der Waals surface area contributed by atoms with E-state index in [1.165, 1.54) is 0 Å². The highest BCUT2D eigenvalue weighted by atomic mass is 35.5. The predicted octanol–water partition coefficient (Wildman–Crippen LogP) is 5.10. The first-order valence-electron chi connectivity index (χ1n) is 6.24. The van der Waals surface area contributed by atoms with Crippen molar-refractivity contribution in [3.8, 4) is 0 Å². The van der Waals surface area contributed by atoms with Gasteiger partial charge in [0.15, 0.2) is 0 Å². The minimum absolute atomic E-state index is 0.267. The lowest BCUT2D eigenvalue weighted by Crippen LogP contribution is -2.19. The summed E-state index contributed by atoms with van der Waals surface area (Å²) in [5.74, 6) is 0.956. The number of thioether (sulfide) groups is 1. The zero-order valence-electron chi connectivity index (χ0n) is 11.0. The van der Waals surface area contributed by atoms with Crippen molar-refractivity contribution in [2.75, 3.05) is 16.4 Å². The lowest BCUT2D eigenvalue weighted by atomic mass is 10.3.